The number of phenols is 1. The van der Waals surface area contributed by atoms with Gasteiger partial charge in [0.2, 0.25) is 0 Å². The van der Waals surface area contributed by atoms with E-state index in [9.17, 15) is 5.11 Å². The van der Waals surface area contributed by atoms with Gasteiger partial charge in [0, 0.05) is 0 Å². The minimum Gasteiger partial charge on any atom is -0.507 e. The predicted octanol–water partition coefficient (Wildman–Crippen LogP) is 2.79. The molecule has 0 amide bonds. The molecular formula is C13H18O2. The summed E-state index contributed by atoms with van der Waals surface area (Å²) in [5.41, 5.74) is 3.78. The average Bonchev–Trinajstić information content (AvgIpc) is 2.22. The average molecular weight is 206 g/mol. The lowest BCUT2D eigenvalue weighted by atomic mass is 10.0. The van der Waals surface area contributed by atoms with Crippen molar-refractivity contribution in [3.8, 4) is 5.75 Å². The van der Waals surface area contributed by atoms with E-state index in [1.54, 1.807) is 0 Å². The Hall–Kier alpha value is -1.28. The summed E-state index contributed by atoms with van der Waals surface area (Å²) in [6.07, 6.45) is 2.81. The third-order valence-corrected chi connectivity index (χ3v) is 2.54. The van der Waals surface area contributed by atoms with Gasteiger partial charge in [0.05, 0.1) is 6.61 Å². The summed E-state index contributed by atoms with van der Waals surface area (Å²) in [7, 11) is 0. The van der Waals surface area contributed by atoms with Gasteiger partial charge in [-0.05, 0) is 54.7 Å². The zero-order valence-corrected chi connectivity index (χ0v) is 9.54. The van der Waals surface area contributed by atoms with Crippen LogP contribution in [0.4, 0.5) is 0 Å². The fourth-order valence-corrected chi connectivity index (χ4v) is 1.57. The van der Waals surface area contributed by atoms with Crippen LogP contribution in [0.2, 0.25) is 0 Å². The van der Waals surface area contributed by atoms with E-state index in [4.69, 9.17) is 5.11 Å². The van der Waals surface area contributed by atoms with Crippen molar-refractivity contribution < 1.29 is 10.2 Å². The smallest absolute Gasteiger partial charge is 0.121 e. The molecule has 0 aliphatic carbocycles. The van der Waals surface area contributed by atoms with Gasteiger partial charge in [-0.15, -0.1) is 0 Å². The second-order valence-electron chi connectivity index (χ2n) is 3.82. The molecule has 0 bridgehead atoms. The lowest BCUT2D eigenvalue weighted by molar-refractivity contribution is 0.329. The predicted molar refractivity (Wildman–Crippen MR) is 62.9 cm³/mol. The Morgan fingerprint density at radius 2 is 1.80 bits per heavy atom. The molecule has 0 aliphatic rings. The van der Waals surface area contributed by atoms with Gasteiger partial charge in [-0.1, -0.05) is 13.0 Å². The van der Waals surface area contributed by atoms with Crippen molar-refractivity contribution >= 4 is 6.08 Å². The third-order valence-electron chi connectivity index (χ3n) is 2.54. The highest BCUT2D eigenvalue weighted by Crippen LogP contribution is 2.24. The molecule has 0 saturated heterocycles. The molecule has 1 rings (SSSR count). The van der Waals surface area contributed by atoms with Gasteiger partial charge in [-0.2, -0.15) is 0 Å². The summed E-state index contributed by atoms with van der Waals surface area (Å²) in [6.45, 7) is 5.87. The standard InChI is InChI=1S/C13H18O2/c1-4-11(8-14)7-12-5-9(2)13(15)10(3)6-12/h5-7,14-15H,4,8H2,1-3H3. The zero-order chi connectivity index (χ0) is 11.4. The van der Waals surface area contributed by atoms with Gasteiger partial charge in [0.25, 0.3) is 0 Å². The number of hydrogen-bond donors (Lipinski definition) is 2. The topological polar surface area (TPSA) is 40.5 Å². The van der Waals surface area contributed by atoms with Gasteiger partial charge in [-0.3, -0.25) is 0 Å². The lowest BCUT2D eigenvalue weighted by Crippen LogP contribution is -1.89. The molecule has 0 heterocycles. The van der Waals surface area contributed by atoms with E-state index in [0.717, 1.165) is 28.7 Å². The first-order valence-electron chi connectivity index (χ1n) is 5.19. The maximum absolute atomic E-state index is 9.61. The highest BCUT2D eigenvalue weighted by atomic mass is 16.3. The van der Waals surface area contributed by atoms with Crippen LogP contribution in [0.15, 0.2) is 17.7 Å². The minimum atomic E-state index is 0.0927. The molecule has 2 N–H and O–H groups in total. The number of rotatable bonds is 3. The van der Waals surface area contributed by atoms with Crippen LogP contribution in [0.3, 0.4) is 0 Å². The molecule has 0 fully saturated rings. The molecule has 0 spiro atoms. The van der Waals surface area contributed by atoms with Crippen LogP contribution in [0, 0.1) is 13.8 Å². The van der Waals surface area contributed by atoms with Crippen molar-refractivity contribution in [2.45, 2.75) is 27.2 Å². The molecule has 15 heavy (non-hydrogen) atoms. The first kappa shape index (κ1) is 11.8. The summed E-state index contributed by atoms with van der Waals surface area (Å²) in [4.78, 5) is 0. The molecule has 0 aromatic heterocycles. The number of hydrogen-bond acceptors (Lipinski definition) is 2. The van der Waals surface area contributed by atoms with Crippen LogP contribution >= 0.6 is 0 Å². The Kier molecular flexibility index (Phi) is 3.92. The molecule has 0 aliphatic heterocycles. The van der Waals surface area contributed by atoms with E-state index in [1.807, 2.05) is 39.0 Å². The molecule has 0 unspecified atom stereocenters. The van der Waals surface area contributed by atoms with Crippen molar-refractivity contribution in [3.05, 3.63) is 34.4 Å². The maximum Gasteiger partial charge on any atom is 0.121 e. The van der Waals surface area contributed by atoms with Gasteiger partial charge in [0.1, 0.15) is 5.75 Å². The number of phenolic OH excluding ortho intramolecular Hbond substituents is 1. The SMILES string of the molecule is CCC(=Cc1cc(C)c(O)c(C)c1)CO. The summed E-state index contributed by atoms with van der Waals surface area (Å²) < 4.78 is 0. The van der Waals surface area contributed by atoms with Crippen LogP contribution in [-0.4, -0.2) is 16.8 Å². The fraction of sp³-hybridized carbons (Fsp3) is 0.385. The van der Waals surface area contributed by atoms with Gasteiger partial charge in [0.15, 0.2) is 0 Å². The highest BCUT2D eigenvalue weighted by Gasteiger charge is 2.02. The van der Waals surface area contributed by atoms with Crippen molar-refractivity contribution in [3.63, 3.8) is 0 Å². The molecule has 0 atom stereocenters. The number of benzene rings is 1. The summed E-state index contributed by atoms with van der Waals surface area (Å²) in [5, 5.41) is 18.7. The Bertz CT molecular complexity index is 349. The maximum atomic E-state index is 9.61. The fourth-order valence-electron chi connectivity index (χ4n) is 1.57. The summed E-state index contributed by atoms with van der Waals surface area (Å²) in [6, 6.07) is 3.85. The largest absolute Gasteiger partial charge is 0.507 e. The van der Waals surface area contributed by atoms with Gasteiger partial charge >= 0.3 is 0 Å². The number of aliphatic hydroxyl groups excluding tert-OH is 1. The molecular weight excluding hydrogens is 188 g/mol. The monoisotopic (exact) mass is 206 g/mol. The highest BCUT2D eigenvalue weighted by molar-refractivity contribution is 5.58. The summed E-state index contributed by atoms with van der Waals surface area (Å²) in [5.74, 6) is 0.356. The minimum absolute atomic E-state index is 0.0927. The van der Waals surface area contributed by atoms with Crippen molar-refractivity contribution in [2.24, 2.45) is 0 Å². The van der Waals surface area contributed by atoms with Gasteiger partial charge < -0.3 is 10.2 Å². The van der Waals surface area contributed by atoms with Crippen LogP contribution in [-0.2, 0) is 0 Å². The lowest BCUT2D eigenvalue weighted by Gasteiger charge is -2.06. The molecule has 1 aromatic rings. The second-order valence-corrected chi connectivity index (χ2v) is 3.82. The number of aromatic hydroxyl groups is 1. The van der Waals surface area contributed by atoms with E-state index in [1.165, 1.54) is 0 Å². The molecule has 0 saturated carbocycles. The van der Waals surface area contributed by atoms with Crippen LogP contribution < -0.4 is 0 Å². The zero-order valence-electron chi connectivity index (χ0n) is 9.54. The number of aliphatic hydroxyl groups is 1. The van der Waals surface area contributed by atoms with Crippen LogP contribution in [0.1, 0.15) is 30.0 Å². The van der Waals surface area contributed by atoms with Crippen LogP contribution in [0.25, 0.3) is 6.08 Å². The Morgan fingerprint density at radius 3 is 2.20 bits per heavy atom. The molecule has 0 radical (unpaired) electrons. The van der Waals surface area contributed by atoms with Gasteiger partial charge in [-0.25, -0.2) is 0 Å². The first-order chi connectivity index (χ1) is 7.08. The van der Waals surface area contributed by atoms with E-state index in [2.05, 4.69) is 0 Å². The molecule has 2 heteroatoms. The van der Waals surface area contributed by atoms with Crippen molar-refractivity contribution in [1.29, 1.82) is 0 Å². The first-order valence-corrected chi connectivity index (χ1v) is 5.19. The summed E-state index contributed by atoms with van der Waals surface area (Å²) >= 11 is 0. The van der Waals surface area contributed by atoms with E-state index in [0.29, 0.717) is 5.75 Å². The Balaban J connectivity index is 3.11. The molecule has 1 aromatic carbocycles. The normalized spacial score (nSPS) is 11.9. The Morgan fingerprint density at radius 1 is 1.27 bits per heavy atom. The van der Waals surface area contributed by atoms with E-state index in [-0.39, 0.29) is 6.61 Å². The van der Waals surface area contributed by atoms with E-state index < -0.39 is 0 Å². The third kappa shape index (κ3) is 2.83. The Labute approximate surface area is 90.9 Å². The van der Waals surface area contributed by atoms with Crippen molar-refractivity contribution in [2.75, 3.05) is 6.61 Å². The van der Waals surface area contributed by atoms with E-state index >= 15 is 0 Å². The molecule has 2 nitrogen and oxygen atoms in total. The second kappa shape index (κ2) is 4.99. The molecule has 82 valence electrons. The van der Waals surface area contributed by atoms with Crippen molar-refractivity contribution in [1.82, 2.24) is 0 Å². The quantitative estimate of drug-likeness (QED) is 0.798. The van der Waals surface area contributed by atoms with Crippen LogP contribution in [0.5, 0.6) is 5.75 Å². The number of aryl methyl sites for hydroxylation is 2.